The van der Waals surface area contributed by atoms with Crippen molar-refractivity contribution in [3.8, 4) is 0 Å². The summed E-state index contributed by atoms with van der Waals surface area (Å²) in [7, 11) is 0. The van der Waals surface area contributed by atoms with E-state index in [4.69, 9.17) is 4.74 Å². The Balaban J connectivity index is 1.43. The van der Waals surface area contributed by atoms with Crippen LogP contribution >= 0.6 is 0 Å². The van der Waals surface area contributed by atoms with Crippen molar-refractivity contribution >= 4 is 6.09 Å². The SMILES string of the molecule is O=C(OC1CN2CCC1CC2)N1CCc2ccccc2[C@H]1c1ccccc1. The van der Waals surface area contributed by atoms with Gasteiger partial charge in [0.1, 0.15) is 6.10 Å². The standard InChI is InChI=1S/C23H26N2O2/c26-23(27-21-16-24-13-10-18(21)11-14-24)25-15-12-17-6-4-5-9-20(17)22(25)19-7-2-1-3-8-19/h1-9,18,21-22H,10-16H2/t21?,22-/m1/s1. The molecule has 2 aromatic carbocycles. The van der Waals surface area contributed by atoms with Gasteiger partial charge in [0.2, 0.25) is 0 Å². The fourth-order valence-corrected chi connectivity index (χ4v) is 5.00. The molecule has 2 bridgehead atoms. The third-order valence-electron chi connectivity index (χ3n) is 6.48. The molecule has 2 atom stereocenters. The van der Waals surface area contributed by atoms with Crippen LogP contribution in [-0.4, -0.2) is 48.2 Å². The van der Waals surface area contributed by atoms with Crippen LogP contribution in [0.5, 0.6) is 0 Å². The second kappa shape index (κ2) is 7.01. The van der Waals surface area contributed by atoms with Crippen molar-refractivity contribution in [2.45, 2.75) is 31.4 Å². The van der Waals surface area contributed by atoms with Gasteiger partial charge in [0.15, 0.2) is 0 Å². The van der Waals surface area contributed by atoms with E-state index < -0.39 is 0 Å². The third kappa shape index (κ3) is 3.12. The van der Waals surface area contributed by atoms with Crippen LogP contribution in [0, 0.1) is 5.92 Å². The summed E-state index contributed by atoms with van der Waals surface area (Å²) in [6.07, 6.45) is 3.09. The maximum absolute atomic E-state index is 13.2. The number of benzene rings is 2. The Hall–Kier alpha value is -2.33. The summed E-state index contributed by atoms with van der Waals surface area (Å²) >= 11 is 0. The number of rotatable bonds is 2. The second-order valence-corrected chi connectivity index (χ2v) is 8.02. The maximum atomic E-state index is 13.2. The van der Waals surface area contributed by atoms with Crippen LogP contribution in [0.2, 0.25) is 0 Å². The lowest BCUT2D eigenvalue weighted by Crippen LogP contribution is -2.53. The summed E-state index contributed by atoms with van der Waals surface area (Å²) in [5.41, 5.74) is 3.70. The number of hydrogen-bond acceptors (Lipinski definition) is 3. The molecule has 6 rings (SSSR count). The number of hydrogen-bond donors (Lipinski definition) is 0. The van der Waals surface area contributed by atoms with Gasteiger partial charge >= 0.3 is 6.09 Å². The van der Waals surface area contributed by atoms with E-state index in [0.29, 0.717) is 12.5 Å². The second-order valence-electron chi connectivity index (χ2n) is 8.02. The number of carbonyl (C=O) groups excluding carboxylic acids is 1. The lowest BCUT2D eigenvalue weighted by atomic mass is 9.86. The maximum Gasteiger partial charge on any atom is 0.410 e. The fraction of sp³-hybridized carbons (Fsp3) is 0.435. The summed E-state index contributed by atoms with van der Waals surface area (Å²) in [6.45, 7) is 3.91. The molecule has 0 N–H and O–H groups in total. The van der Waals surface area contributed by atoms with E-state index in [1.54, 1.807) is 0 Å². The Labute approximate surface area is 160 Å². The van der Waals surface area contributed by atoms with Crippen molar-refractivity contribution in [3.63, 3.8) is 0 Å². The van der Waals surface area contributed by atoms with Gasteiger partial charge in [0.25, 0.3) is 0 Å². The van der Waals surface area contributed by atoms with E-state index in [1.165, 1.54) is 11.1 Å². The molecule has 4 nitrogen and oxygen atoms in total. The number of fused-ring (bicyclic) bond motifs is 4. The highest BCUT2D eigenvalue weighted by molar-refractivity contribution is 5.70. The predicted octanol–water partition coefficient (Wildman–Crippen LogP) is 3.86. The zero-order valence-corrected chi connectivity index (χ0v) is 15.6. The van der Waals surface area contributed by atoms with Gasteiger partial charge in [-0.05, 0) is 55.0 Å². The summed E-state index contributed by atoms with van der Waals surface area (Å²) in [5.74, 6) is 0.534. The molecule has 140 valence electrons. The predicted molar refractivity (Wildman–Crippen MR) is 105 cm³/mol. The first-order valence-electron chi connectivity index (χ1n) is 10.1. The van der Waals surface area contributed by atoms with E-state index in [9.17, 15) is 4.79 Å². The highest BCUT2D eigenvalue weighted by atomic mass is 16.6. The molecule has 0 radical (unpaired) electrons. The van der Waals surface area contributed by atoms with Gasteiger partial charge in [-0.15, -0.1) is 0 Å². The van der Waals surface area contributed by atoms with E-state index in [0.717, 1.165) is 44.5 Å². The molecule has 27 heavy (non-hydrogen) atoms. The van der Waals surface area contributed by atoms with Crippen LogP contribution in [0.1, 0.15) is 35.6 Å². The molecule has 4 heteroatoms. The van der Waals surface area contributed by atoms with Crippen LogP contribution in [-0.2, 0) is 11.2 Å². The van der Waals surface area contributed by atoms with Crippen molar-refractivity contribution in [2.24, 2.45) is 5.92 Å². The molecule has 0 aliphatic carbocycles. The van der Waals surface area contributed by atoms with Gasteiger partial charge in [0.05, 0.1) is 6.04 Å². The van der Waals surface area contributed by atoms with E-state index in [1.807, 2.05) is 23.1 Å². The monoisotopic (exact) mass is 362 g/mol. The van der Waals surface area contributed by atoms with E-state index in [-0.39, 0.29) is 18.2 Å². The number of carbonyl (C=O) groups is 1. The van der Waals surface area contributed by atoms with Gasteiger partial charge in [-0.25, -0.2) is 4.79 Å². The minimum absolute atomic E-state index is 0.0496. The van der Waals surface area contributed by atoms with Gasteiger partial charge < -0.3 is 4.74 Å². The lowest BCUT2D eigenvalue weighted by Gasteiger charge is -2.45. The Kier molecular flexibility index (Phi) is 4.36. The molecule has 4 heterocycles. The molecule has 2 aromatic rings. The van der Waals surface area contributed by atoms with Gasteiger partial charge in [0, 0.05) is 13.1 Å². The average Bonchev–Trinajstić information content (AvgIpc) is 2.74. The molecule has 3 saturated heterocycles. The van der Waals surface area contributed by atoms with Crippen LogP contribution in [0.4, 0.5) is 4.79 Å². The van der Waals surface area contributed by atoms with Crippen molar-refractivity contribution in [1.29, 1.82) is 0 Å². The Morgan fingerprint density at radius 2 is 1.67 bits per heavy atom. The summed E-state index contributed by atoms with van der Waals surface area (Å²) in [5, 5.41) is 0. The summed E-state index contributed by atoms with van der Waals surface area (Å²) in [4.78, 5) is 17.6. The first kappa shape index (κ1) is 16.8. The Morgan fingerprint density at radius 3 is 2.41 bits per heavy atom. The number of amides is 1. The molecule has 1 unspecified atom stereocenters. The average molecular weight is 362 g/mol. The first-order chi connectivity index (χ1) is 13.3. The molecular formula is C23H26N2O2. The Morgan fingerprint density at radius 1 is 0.926 bits per heavy atom. The highest BCUT2D eigenvalue weighted by Gasteiger charge is 2.39. The normalized spacial score (nSPS) is 29.3. The zero-order valence-electron chi connectivity index (χ0n) is 15.6. The first-order valence-corrected chi connectivity index (χ1v) is 10.1. The summed E-state index contributed by atoms with van der Waals surface area (Å²) in [6, 6.07) is 18.8. The van der Waals surface area contributed by atoms with Crippen LogP contribution < -0.4 is 0 Å². The molecular weight excluding hydrogens is 336 g/mol. The Bertz CT molecular complexity index is 814. The molecule has 1 amide bonds. The van der Waals surface area contributed by atoms with Gasteiger partial charge in [-0.1, -0.05) is 54.6 Å². The topological polar surface area (TPSA) is 32.8 Å². The molecule has 4 aliphatic rings. The molecule has 4 aliphatic heterocycles. The zero-order chi connectivity index (χ0) is 18.2. The lowest BCUT2D eigenvalue weighted by molar-refractivity contribution is -0.0462. The third-order valence-corrected chi connectivity index (χ3v) is 6.48. The highest BCUT2D eigenvalue weighted by Crippen LogP contribution is 2.36. The molecule has 3 fully saturated rings. The number of ether oxygens (including phenoxy) is 1. The largest absolute Gasteiger partial charge is 0.444 e. The molecule has 0 aromatic heterocycles. The van der Waals surface area contributed by atoms with Crippen molar-refractivity contribution in [1.82, 2.24) is 9.80 Å². The van der Waals surface area contributed by atoms with E-state index >= 15 is 0 Å². The van der Waals surface area contributed by atoms with Crippen molar-refractivity contribution < 1.29 is 9.53 Å². The summed E-state index contributed by atoms with van der Waals surface area (Å²) < 4.78 is 6.08. The quantitative estimate of drug-likeness (QED) is 0.813. The molecule has 0 saturated carbocycles. The van der Waals surface area contributed by atoms with Gasteiger partial charge in [-0.3, -0.25) is 9.80 Å². The minimum atomic E-state index is -0.155. The van der Waals surface area contributed by atoms with Crippen molar-refractivity contribution in [3.05, 3.63) is 71.3 Å². The van der Waals surface area contributed by atoms with E-state index in [2.05, 4.69) is 41.3 Å². The van der Waals surface area contributed by atoms with Crippen LogP contribution in [0.15, 0.2) is 54.6 Å². The minimum Gasteiger partial charge on any atom is -0.444 e. The van der Waals surface area contributed by atoms with Gasteiger partial charge in [-0.2, -0.15) is 0 Å². The molecule has 0 spiro atoms. The fourth-order valence-electron chi connectivity index (χ4n) is 5.00. The van der Waals surface area contributed by atoms with Crippen LogP contribution in [0.3, 0.4) is 0 Å². The number of piperidine rings is 3. The number of nitrogens with zero attached hydrogens (tertiary/aromatic N) is 2. The van der Waals surface area contributed by atoms with Crippen molar-refractivity contribution in [2.75, 3.05) is 26.2 Å². The van der Waals surface area contributed by atoms with Crippen LogP contribution in [0.25, 0.3) is 0 Å². The smallest absolute Gasteiger partial charge is 0.410 e.